The van der Waals surface area contributed by atoms with Gasteiger partial charge in [-0.15, -0.1) is 0 Å². The van der Waals surface area contributed by atoms with Crippen molar-refractivity contribution in [1.82, 2.24) is 14.5 Å². The third-order valence-electron chi connectivity index (χ3n) is 6.31. The van der Waals surface area contributed by atoms with E-state index in [2.05, 4.69) is 64.1 Å². The van der Waals surface area contributed by atoms with Crippen LogP contribution in [0.1, 0.15) is 11.1 Å². The third kappa shape index (κ3) is 3.23. The molecule has 0 aliphatic rings. The molecule has 0 radical (unpaired) electrons. The Labute approximate surface area is 197 Å². The highest BCUT2D eigenvalue weighted by Gasteiger charge is 2.17. The molecule has 0 bridgehead atoms. The zero-order chi connectivity index (χ0) is 23.2. The molecule has 0 amide bonds. The molecule has 0 aliphatic carbocycles. The molecule has 34 heavy (non-hydrogen) atoms. The Bertz CT molecular complexity index is 1680. The Morgan fingerprint density at radius 2 is 1.59 bits per heavy atom. The number of hydrogen-bond donors (Lipinski definition) is 1. The van der Waals surface area contributed by atoms with Gasteiger partial charge in [0.05, 0.1) is 16.9 Å². The van der Waals surface area contributed by atoms with Gasteiger partial charge in [0, 0.05) is 33.8 Å². The van der Waals surface area contributed by atoms with Gasteiger partial charge < -0.3 is 5.11 Å². The number of benzene rings is 3. The molecule has 4 heteroatoms. The van der Waals surface area contributed by atoms with E-state index in [1.54, 1.807) is 0 Å². The first-order valence-corrected chi connectivity index (χ1v) is 11.3. The van der Waals surface area contributed by atoms with Crippen LogP contribution < -0.4 is 0 Å². The lowest BCUT2D eigenvalue weighted by atomic mass is 10.0. The maximum atomic E-state index is 10.8. The number of rotatable bonds is 3. The molecular weight excluding hydrogens is 418 g/mol. The molecule has 3 aromatic carbocycles. The van der Waals surface area contributed by atoms with Gasteiger partial charge in [-0.05, 0) is 73.5 Å². The summed E-state index contributed by atoms with van der Waals surface area (Å²) in [6.07, 6.45) is 1.81. The molecule has 1 N–H and O–H groups in total. The number of pyridine rings is 2. The number of para-hydroxylation sites is 1. The molecule has 164 valence electrons. The molecule has 0 spiro atoms. The van der Waals surface area contributed by atoms with Gasteiger partial charge in [0.1, 0.15) is 11.4 Å². The van der Waals surface area contributed by atoms with Gasteiger partial charge in [-0.1, -0.05) is 42.5 Å². The van der Waals surface area contributed by atoms with E-state index in [0.717, 1.165) is 61.3 Å². The van der Waals surface area contributed by atoms with Gasteiger partial charge in [-0.3, -0.25) is 9.55 Å². The Morgan fingerprint density at radius 1 is 0.735 bits per heavy atom. The van der Waals surface area contributed by atoms with Crippen molar-refractivity contribution >= 4 is 21.9 Å². The van der Waals surface area contributed by atoms with Gasteiger partial charge >= 0.3 is 0 Å². The molecule has 6 rings (SSSR count). The lowest BCUT2D eigenvalue weighted by Crippen LogP contribution is -1.97. The molecule has 3 aromatic heterocycles. The Morgan fingerprint density at radius 3 is 2.44 bits per heavy atom. The minimum Gasteiger partial charge on any atom is -0.507 e. The van der Waals surface area contributed by atoms with Crippen molar-refractivity contribution in [3.63, 3.8) is 0 Å². The summed E-state index contributed by atoms with van der Waals surface area (Å²) >= 11 is 0. The van der Waals surface area contributed by atoms with E-state index in [9.17, 15) is 5.11 Å². The van der Waals surface area contributed by atoms with Crippen LogP contribution in [0.4, 0.5) is 0 Å². The van der Waals surface area contributed by atoms with E-state index < -0.39 is 0 Å². The number of nitrogens with zero attached hydrogens (tertiary/aromatic N) is 3. The Balaban J connectivity index is 1.63. The smallest absolute Gasteiger partial charge is 0.146 e. The summed E-state index contributed by atoms with van der Waals surface area (Å²) in [5.74, 6) is 0.275. The Hall–Kier alpha value is -4.44. The number of aryl methyl sites for hydroxylation is 2. The van der Waals surface area contributed by atoms with E-state index in [1.807, 2.05) is 56.4 Å². The molecule has 0 unspecified atom stereocenters. The lowest BCUT2D eigenvalue weighted by molar-refractivity contribution is 0.473. The molecule has 3 heterocycles. The summed E-state index contributed by atoms with van der Waals surface area (Å²) in [4.78, 5) is 9.62. The van der Waals surface area contributed by atoms with Crippen LogP contribution in [-0.2, 0) is 0 Å². The average molecular weight is 442 g/mol. The highest BCUT2D eigenvalue weighted by molar-refractivity contribution is 6.08. The fraction of sp³-hybridized carbons (Fsp3) is 0.0667. The molecule has 6 aromatic rings. The van der Waals surface area contributed by atoms with Gasteiger partial charge in [-0.25, -0.2) is 4.98 Å². The first-order valence-electron chi connectivity index (χ1n) is 11.3. The van der Waals surface area contributed by atoms with Crippen LogP contribution in [0.3, 0.4) is 0 Å². The van der Waals surface area contributed by atoms with Crippen LogP contribution in [0, 0.1) is 13.8 Å². The summed E-state index contributed by atoms with van der Waals surface area (Å²) in [5.41, 5.74) is 8.38. The Kier molecular flexibility index (Phi) is 4.66. The third-order valence-corrected chi connectivity index (χ3v) is 6.31. The molecule has 0 saturated heterocycles. The largest absolute Gasteiger partial charge is 0.507 e. The van der Waals surface area contributed by atoms with Gasteiger partial charge in [0.2, 0.25) is 0 Å². The molecule has 0 atom stereocenters. The second-order valence-corrected chi connectivity index (χ2v) is 8.66. The van der Waals surface area contributed by atoms with Gasteiger partial charge in [-0.2, -0.15) is 0 Å². The predicted molar refractivity (Wildman–Crippen MR) is 138 cm³/mol. The maximum absolute atomic E-state index is 10.8. The fourth-order valence-corrected chi connectivity index (χ4v) is 4.74. The van der Waals surface area contributed by atoms with E-state index in [1.165, 1.54) is 0 Å². The molecular formula is C30H23N3O. The first kappa shape index (κ1) is 20.2. The minimum absolute atomic E-state index is 0.275. The summed E-state index contributed by atoms with van der Waals surface area (Å²) < 4.78 is 2.19. The molecule has 0 saturated carbocycles. The van der Waals surface area contributed by atoms with Crippen LogP contribution in [0.2, 0.25) is 0 Å². The molecule has 0 fully saturated rings. The highest BCUT2D eigenvalue weighted by Crippen LogP contribution is 2.36. The number of phenols is 1. The number of phenolic OH excluding ortho intramolecular Hbond substituents is 1. The van der Waals surface area contributed by atoms with Crippen molar-refractivity contribution in [2.45, 2.75) is 13.8 Å². The van der Waals surface area contributed by atoms with Crippen LogP contribution in [0.5, 0.6) is 5.75 Å². The van der Waals surface area contributed by atoms with Crippen molar-refractivity contribution in [1.29, 1.82) is 0 Å². The normalized spacial score (nSPS) is 11.4. The van der Waals surface area contributed by atoms with Crippen molar-refractivity contribution in [3.05, 3.63) is 108 Å². The van der Waals surface area contributed by atoms with Crippen LogP contribution in [-0.4, -0.2) is 19.6 Å². The van der Waals surface area contributed by atoms with E-state index >= 15 is 0 Å². The van der Waals surface area contributed by atoms with Gasteiger partial charge in [0.15, 0.2) is 0 Å². The van der Waals surface area contributed by atoms with E-state index in [0.29, 0.717) is 0 Å². The number of hydrogen-bond acceptors (Lipinski definition) is 3. The molecule has 4 nitrogen and oxygen atoms in total. The van der Waals surface area contributed by atoms with Crippen molar-refractivity contribution < 1.29 is 5.11 Å². The predicted octanol–water partition coefficient (Wildman–Crippen LogP) is 7.23. The number of fused-ring (bicyclic) bond motifs is 3. The van der Waals surface area contributed by atoms with Crippen LogP contribution in [0.15, 0.2) is 97.2 Å². The van der Waals surface area contributed by atoms with E-state index in [4.69, 9.17) is 4.98 Å². The maximum Gasteiger partial charge on any atom is 0.146 e. The summed E-state index contributed by atoms with van der Waals surface area (Å²) in [7, 11) is 0. The van der Waals surface area contributed by atoms with Crippen molar-refractivity contribution in [2.24, 2.45) is 0 Å². The van der Waals surface area contributed by atoms with Gasteiger partial charge in [0.25, 0.3) is 0 Å². The standard InChI is InChI=1S/C30H23N3O/c1-19-16-20(2)29(34)25(17-19)27-14-13-24-23-10-3-4-12-28(23)33(30(24)32-27)22-9-7-8-21(18-22)26-11-5-6-15-31-26/h3-18,34H,1-2H3. The lowest BCUT2D eigenvalue weighted by Gasteiger charge is -2.11. The second kappa shape index (κ2) is 7.85. The zero-order valence-electron chi connectivity index (χ0n) is 19.0. The second-order valence-electron chi connectivity index (χ2n) is 8.66. The zero-order valence-corrected chi connectivity index (χ0v) is 19.0. The molecule has 0 aliphatic heterocycles. The summed E-state index contributed by atoms with van der Waals surface area (Å²) in [6.45, 7) is 3.96. The average Bonchev–Trinajstić information content (AvgIpc) is 3.20. The summed E-state index contributed by atoms with van der Waals surface area (Å²) in [5, 5.41) is 13.0. The van der Waals surface area contributed by atoms with Crippen LogP contribution in [0.25, 0.3) is 50.1 Å². The topological polar surface area (TPSA) is 50.9 Å². The fourth-order valence-electron chi connectivity index (χ4n) is 4.74. The summed E-state index contributed by atoms with van der Waals surface area (Å²) in [6, 6.07) is 30.8. The first-order chi connectivity index (χ1) is 16.6. The monoisotopic (exact) mass is 441 g/mol. The van der Waals surface area contributed by atoms with Crippen molar-refractivity contribution in [2.75, 3.05) is 0 Å². The van der Waals surface area contributed by atoms with E-state index in [-0.39, 0.29) is 5.75 Å². The van der Waals surface area contributed by atoms with Crippen LogP contribution >= 0.6 is 0 Å². The number of aromatic hydroxyl groups is 1. The highest BCUT2D eigenvalue weighted by atomic mass is 16.3. The van der Waals surface area contributed by atoms with Crippen molar-refractivity contribution in [3.8, 4) is 34.0 Å². The quantitative estimate of drug-likeness (QED) is 0.315. The SMILES string of the molecule is Cc1cc(C)c(O)c(-c2ccc3c4ccccc4n(-c4cccc(-c5ccccn5)c4)c3n2)c1. The minimum atomic E-state index is 0.275. The number of aromatic nitrogens is 3.